The molecule has 0 spiro atoms. The van der Waals surface area contributed by atoms with Crippen molar-refractivity contribution in [2.24, 2.45) is 11.8 Å². The minimum Gasteiger partial charge on any atom is -0.481 e. The second kappa shape index (κ2) is 7.07. The number of amides is 1. The molecule has 2 rings (SSSR count). The molecule has 20 heavy (non-hydrogen) atoms. The molecule has 0 radical (unpaired) electrons. The number of hydrogen-bond donors (Lipinski definition) is 2. The first kappa shape index (κ1) is 15.3. The van der Waals surface area contributed by atoms with E-state index in [1.165, 1.54) is 0 Å². The summed E-state index contributed by atoms with van der Waals surface area (Å²) in [6, 6.07) is -0.227. The third-order valence-corrected chi connectivity index (χ3v) is 4.59. The van der Waals surface area contributed by atoms with Gasteiger partial charge in [0.2, 0.25) is 5.91 Å². The quantitative estimate of drug-likeness (QED) is 0.808. The molecule has 5 heteroatoms. The van der Waals surface area contributed by atoms with Gasteiger partial charge >= 0.3 is 5.97 Å². The van der Waals surface area contributed by atoms with Gasteiger partial charge in [-0.3, -0.25) is 9.59 Å². The molecule has 0 aromatic rings. The van der Waals surface area contributed by atoms with Gasteiger partial charge in [-0.15, -0.1) is 0 Å². The minimum atomic E-state index is -0.810. The summed E-state index contributed by atoms with van der Waals surface area (Å²) in [5.74, 6) is -0.662. The first-order valence-corrected chi connectivity index (χ1v) is 7.70. The second-order valence-corrected chi connectivity index (χ2v) is 6.24. The van der Waals surface area contributed by atoms with Crippen LogP contribution >= 0.6 is 0 Å². The lowest BCUT2D eigenvalue weighted by Crippen LogP contribution is -2.42. The molecular weight excluding hydrogens is 258 g/mol. The first-order valence-electron chi connectivity index (χ1n) is 7.70. The zero-order valence-corrected chi connectivity index (χ0v) is 12.1. The maximum atomic E-state index is 11.8. The van der Waals surface area contributed by atoms with Gasteiger partial charge in [0.15, 0.2) is 0 Å². The van der Waals surface area contributed by atoms with Crippen molar-refractivity contribution >= 4 is 11.9 Å². The van der Waals surface area contributed by atoms with Crippen molar-refractivity contribution in [1.82, 2.24) is 5.32 Å². The van der Waals surface area contributed by atoms with Crippen LogP contribution in [0.3, 0.4) is 0 Å². The van der Waals surface area contributed by atoms with Gasteiger partial charge in [-0.25, -0.2) is 0 Å². The molecule has 5 nitrogen and oxygen atoms in total. The largest absolute Gasteiger partial charge is 0.481 e. The van der Waals surface area contributed by atoms with E-state index < -0.39 is 11.9 Å². The van der Waals surface area contributed by atoms with Crippen molar-refractivity contribution in [2.75, 3.05) is 6.61 Å². The standard InChI is InChI=1S/C15H25NO4/c1-10-5-7-11(8-6-10)20-9-14(17)16-13-4-2-3-12(13)15(18)19/h10-13H,2-9H2,1H3,(H,16,17)(H,18,19)/t10?,11?,12-,13+/m0/s1. The van der Waals surface area contributed by atoms with Crippen LogP contribution in [0.5, 0.6) is 0 Å². The van der Waals surface area contributed by atoms with Crippen LogP contribution in [-0.4, -0.2) is 35.7 Å². The average molecular weight is 283 g/mol. The normalized spacial score (nSPS) is 33.9. The summed E-state index contributed by atoms with van der Waals surface area (Å²) in [5, 5.41) is 11.9. The minimum absolute atomic E-state index is 0.0574. The predicted molar refractivity (Wildman–Crippen MR) is 74.3 cm³/mol. The Hall–Kier alpha value is -1.10. The lowest BCUT2D eigenvalue weighted by Gasteiger charge is -2.26. The van der Waals surface area contributed by atoms with E-state index >= 15 is 0 Å². The molecule has 0 bridgehead atoms. The number of ether oxygens (including phenoxy) is 1. The fourth-order valence-electron chi connectivity index (χ4n) is 3.27. The van der Waals surface area contributed by atoms with E-state index in [-0.39, 0.29) is 24.7 Å². The maximum Gasteiger partial charge on any atom is 0.308 e. The van der Waals surface area contributed by atoms with Crippen LogP contribution in [0, 0.1) is 11.8 Å². The smallest absolute Gasteiger partial charge is 0.308 e. The highest BCUT2D eigenvalue weighted by Crippen LogP contribution is 2.27. The van der Waals surface area contributed by atoms with Crippen molar-refractivity contribution in [3.05, 3.63) is 0 Å². The van der Waals surface area contributed by atoms with Crippen LogP contribution in [0.2, 0.25) is 0 Å². The number of carboxylic acid groups (broad SMARTS) is 1. The SMILES string of the molecule is CC1CCC(OCC(=O)N[C@@H]2CCC[C@@H]2C(=O)O)CC1. The van der Waals surface area contributed by atoms with Gasteiger partial charge in [0.05, 0.1) is 12.0 Å². The number of nitrogens with one attached hydrogen (secondary N) is 1. The molecular formula is C15H25NO4. The molecule has 2 aliphatic rings. The van der Waals surface area contributed by atoms with Crippen LogP contribution in [-0.2, 0) is 14.3 Å². The third kappa shape index (κ3) is 4.20. The zero-order chi connectivity index (χ0) is 14.5. The van der Waals surface area contributed by atoms with Gasteiger partial charge in [0, 0.05) is 6.04 Å². The van der Waals surface area contributed by atoms with Gasteiger partial charge in [-0.2, -0.15) is 0 Å². The van der Waals surface area contributed by atoms with Crippen molar-refractivity contribution < 1.29 is 19.4 Å². The highest BCUT2D eigenvalue weighted by molar-refractivity contribution is 5.79. The van der Waals surface area contributed by atoms with Crippen LogP contribution < -0.4 is 5.32 Å². The monoisotopic (exact) mass is 283 g/mol. The van der Waals surface area contributed by atoms with Crippen LogP contribution in [0.4, 0.5) is 0 Å². The molecule has 2 atom stereocenters. The molecule has 114 valence electrons. The summed E-state index contributed by atoms with van der Waals surface area (Å²) in [6.07, 6.45) is 6.84. The summed E-state index contributed by atoms with van der Waals surface area (Å²) < 4.78 is 5.64. The topological polar surface area (TPSA) is 75.6 Å². The van der Waals surface area contributed by atoms with Crippen molar-refractivity contribution in [1.29, 1.82) is 0 Å². The van der Waals surface area contributed by atoms with Crippen molar-refractivity contribution in [3.8, 4) is 0 Å². The van der Waals surface area contributed by atoms with Gasteiger partial charge < -0.3 is 15.2 Å². The number of aliphatic carboxylic acids is 1. The van der Waals surface area contributed by atoms with Gasteiger partial charge in [0.1, 0.15) is 6.61 Å². The fraction of sp³-hybridized carbons (Fsp3) is 0.867. The lowest BCUT2D eigenvalue weighted by atomic mass is 9.89. The molecule has 2 N–H and O–H groups in total. The summed E-state index contributed by atoms with van der Waals surface area (Å²) in [7, 11) is 0. The highest BCUT2D eigenvalue weighted by Gasteiger charge is 2.33. The lowest BCUT2D eigenvalue weighted by molar-refractivity contribution is -0.142. The molecule has 0 heterocycles. The molecule has 0 aromatic heterocycles. The number of carboxylic acids is 1. The average Bonchev–Trinajstić information content (AvgIpc) is 2.86. The Morgan fingerprint density at radius 2 is 1.85 bits per heavy atom. The third-order valence-electron chi connectivity index (χ3n) is 4.59. The van der Waals surface area contributed by atoms with Crippen molar-refractivity contribution in [3.63, 3.8) is 0 Å². The summed E-state index contributed by atoms with van der Waals surface area (Å²) in [6.45, 7) is 2.30. The Kier molecular flexibility index (Phi) is 5.40. The molecule has 2 saturated carbocycles. The number of carbonyl (C=O) groups is 2. The van der Waals surface area contributed by atoms with E-state index in [0.717, 1.165) is 44.4 Å². The Labute approximate surface area is 120 Å². The molecule has 0 saturated heterocycles. The fourth-order valence-corrected chi connectivity index (χ4v) is 3.27. The Morgan fingerprint density at radius 3 is 2.50 bits per heavy atom. The summed E-state index contributed by atoms with van der Waals surface area (Å²) in [5.41, 5.74) is 0. The number of hydrogen-bond acceptors (Lipinski definition) is 3. The van der Waals surface area contributed by atoms with Crippen LogP contribution in [0.1, 0.15) is 51.9 Å². The van der Waals surface area contributed by atoms with Crippen molar-refractivity contribution in [2.45, 2.75) is 64.0 Å². The van der Waals surface area contributed by atoms with E-state index in [1.54, 1.807) is 0 Å². The molecule has 0 aliphatic heterocycles. The van der Waals surface area contributed by atoms with E-state index in [4.69, 9.17) is 9.84 Å². The highest BCUT2D eigenvalue weighted by atomic mass is 16.5. The Morgan fingerprint density at radius 1 is 1.15 bits per heavy atom. The summed E-state index contributed by atoms with van der Waals surface area (Å²) in [4.78, 5) is 22.9. The number of rotatable bonds is 5. The van der Waals surface area contributed by atoms with Crippen LogP contribution in [0.25, 0.3) is 0 Å². The summed E-state index contributed by atoms with van der Waals surface area (Å²) >= 11 is 0. The second-order valence-electron chi connectivity index (χ2n) is 6.24. The zero-order valence-electron chi connectivity index (χ0n) is 12.1. The molecule has 2 aliphatic carbocycles. The van der Waals surface area contributed by atoms with Crippen LogP contribution in [0.15, 0.2) is 0 Å². The maximum absolute atomic E-state index is 11.8. The molecule has 2 fully saturated rings. The Bertz CT molecular complexity index is 350. The first-order chi connectivity index (χ1) is 9.56. The molecule has 0 unspecified atom stereocenters. The van der Waals surface area contributed by atoms with E-state index in [0.29, 0.717) is 6.42 Å². The van der Waals surface area contributed by atoms with E-state index in [1.807, 2.05) is 0 Å². The number of carbonyl (C=O) groups excluding carboxylic acids is 1. The molecule has 1 amide bonds. The molecule has 0 aromatic carbocycles. The van der Waals surface area contributed by atoms with Gasteiger partial charge in [0.25, 0.3) is 0 Å². The Balaban J connectivity index is 1.69. The predicted octanol–water partition coefficient (Wildman–Crippen LogP) is 1.95. The van der Waals surface area contributed by atoms with Gasteiger partial charge in [-0.05, 0) is 44.4 Å². The van der Waals surface area contributed by atoms with E-state index in [2.05, 4.69) is 12.2 Å². The van der Waals surface area contributed by atoms with Gasteiger partial charge in [-0.1, -0.05) is 13.3 Å². The van der Waals surface area contributed by atoms with E-state index in [9.17, 15) is 9.59 Å².